The lowest BCUT2D eigenvalue weighted by Gasteiger charge is -2.23. The molecular weight excluding hydrogens is 349 g/mol. The fourth-order valence-electron chi connectivity index (χ4n) is 3.40. The zero-order valence-electron chi connectivity index (χ0n) is 15.4. The van der Waals surface area contributed by atoms with Gasteiger partial charge in [0.2, 0.25) is 5.91 Å². The minimum atomic E-state index is -0.271. The van der Waals surface area contributed by atoms with E-state index in [1.54, 1.807) is 12.1 Å². The molecule has 4 nitrogen and oxygen atoms in total. The van der Waals surface area contributed by atoms with Crippen LogP contribution in [0, 0.1) is 12.7 Å². The molecule has 2 heterocycles. The molecule has 1 amide bonds. The van der Waals surface area contributed by atoms with Crippen molar-refractivity contribution in [3.63, 3.8) is 0 Å². The summed E-state index contributed by atoms with van der Waals surface area (Å²) < 4.78 is 13.2. The number of nitrogens with zero attached hydrogens (tertiary/aromatic N) is 2. The molecule has 140 valence electrons. The Morgan fingerprint density at radius 3 is 2.65 bits per heavy atom. The minimum absolute atomic E-state index is 0.0306. The highest BCUT2D eigenvalue weighted by Crippen LogP contribution is 2.28. The van der Waals surface area contributed by atoms with Crippen LogP contribution in [0.25, 0.3) is 11.3 Å². The maximum atomic E-state index is 13.2. The summed E-state index contributed by atoms with van der Waals surface area (Å²) in [5.74, 6) is -0.240. The zero-order valence-corrected chi connectivity index (χ0v) is 16.2. The van der Waals surface area contributed by atoms with Gasteiger partial charge in [-0.1, -0.05) is 6.92 Å². The highest BCUT2D eigenvalue weighted by molar-refractivity contribution is 7.12. The first-order valence-electron chi connectivity index (χ1n) is 9.29. The van der Waals surface area contributed by atoms with Crippen molar-refractivity contribution in [2.75, 3.05) is 19.6 Å². The molecule has 3 rings (SSSR count). The third-order valence-electron chi connectivity index (χ3n) is 4.78. The van der Waals surface area contributed by atoms with E-state index >= 15 is 0 Å². The van der Waals surface area contributed by atoms with E-state index in [9.17, 15) is 9.18 Å². The average molecular weight is 376 g/mol. The monoisotopic (exact) mass is 375 g/mol. The summed E-state index contributed by atoms with van der Waals surface area (Å²) in [6, 6.07) is 6.47. The molecule has 0 unspecified atom stereocenters. The van der Waals surface area contributed by atoms with Crippen molar-refractivity contribution in [1.29, 1.82) is 0 Å². The summed E-state index contributed by atoms with van der Waals surface area (Å²) in [4.78, 5) is 20.5. The summed E-state index contributed by atoms with van der Waals surface area (Å²) >= 11 is 1.53. The van der Waals surface area contributed by atoms with E-state index in [0.29, 0.717) is 6.42 Å². The lowest BCUT2D eigenvalue weighted by molar-refractivity contribution is -0.121. The Morgan fingerprint density at radius 1 is 1.31 bits per heavy atom. The number of thiazole rings is 1. The van der Waals surface area contributed by atoms with Crippen LogP contribution >= 0.6 is 11.3 Å². The quantitative estimate of drug-likeness (QED) is 0.801. The van der Waals surface area contributed by atoms with Gasteiger partial charge in [-0.2, -0.15) is 0 Å². The van der Waals surface area contributed by atoms with Gasteiger partial charge >= 0.3 is 0 Å². The number of likely N-dealkylation sites (tertiary alicyclic amines) is 1. The summed E-state index contributed by atoms with van der Waals surface area (Å²) in [7, 11) is 0. The summed E-state index contributed by atoms with van der Waals surface area (Å²) in [5.41, 5.74) is 1.64. The van der Waals surface area contributed by atoms with Gasteiger partial charge in [-0.3, -0.25) is 4.79 Å². The normalized spacial score (nSPS) is 16.0. The third-order valence-corrected chi connectivity index (χ3v) is 5.75. The topological polar surface area (TPSA) is 45.2 Å². The molecule has 0 saturated carbocycles. The van der Waals surface area contributed by atoms with Gasteiger partial charge in [0.25, 0.3) is 0 Å². The van der Waals surface area contributed by atoms with E-state index in [2.05, 4.69) is 22.1 Å². The van der Waals surface area contributed by atoms with Crippen LogP contribution in [-0.4, -0.2) is 41.5 Å². The van der Waals surface area contributed by atoms with Crippen molar-refractivity contribution in [2.45, 2.75) is 45.6 Å². The largest absolute Gasteiger partial charge is 0.352 e. The van der Waals surface area contributed by atoms with Crippen LogP contribution in [0.1, 0.15) is 36.1 Å². The van der Waals surface area contributed by atoms with Gasteiger partial charge in [-0.15, -0.1) is 11.3 Å². The molecule has 0 bridgehead atoms. The van der Waals surface area contributed by atoms with Crippen LogP contribution in [0.2, 0.25) is 0 Å². The van der Waals surface area contributed by atoms with Crippen LogP contribution < -0.4 is 5.32 Å². The van der Waals surface area contributed by atoms with Gasteiger partial charge in [0.1, 0.15) is 5.82 Å². The fraction of sp³-hybridized carbons (Fsp3) is 0.500. The first-order chi connectivity index (χ1) is 12.5. The van der Waals surface area contributed by atoms with E-state index in [-0.39, 0.29) is 17.8 Å². The smallest absolute Gasteiger partial charge is 0.225 e. The molecule has 1 aromatic carbocycles. The highest BCUT2D eigenvalue weighted by atomic mass is 32.1. The number of hydrogen-bond donors (Lipinski definition) is 1. The van der Waals surface area contributed by atoms with Crippen LogP contribution in [0.15, 0.2) is 24.3 Å². The molecular formula is C20H26FN3OS. The van der Waals surface area contributed by atoms with E-state index < -0.39 is 0 Å². The second-order valence-corrected chi connectivity index (χ2v) is 8.16. The molecule has 26 heavy (non-hydrogen) atoms. The van der Waals surface area contributed by atoms with E-state index in [1.165, 1.54) is 36.3 Å². The molecule has 0 radical (unpaired) electrons. The summed E-state index contributed by atoms with van der Waals surface area (Å²) in [5, 5.41) is 4.09. The Kier molecular flexibility index (Phi) is 6.38. The standard InChI is InChI=1S/C20H26FN3OS/c1-3-17(13-24-10-4-5-11-24)23-19(25)12-18-20(22-14(2)26-18)15-6-8-16(21)9-7-15/h6-9,17H,3-5,10-13H2,1-2H3,(H,23,25)/t17-/m0/s1. The number of benzene rings is 1. The Balaban J connectivity index is 1.66. The van der Waals surface area contributed by atoms with Gasteiger partial charge in [-0.05, 0) is 63.5 Å². The lowest BCUT2D eigenvalue weighted by atomic mass is 10.1. The molecule has 0 spiro atoms. The Hall–Kier alpha value is -1.79. The van der Waals surface area contributed by atoms with E-state index in [1.807, 2.05) is 6.92 Å². The number of nitrogens with one attached hydrogen (secondary N) is 1. The number of aromatic nitrogens is 1. The molecule has 1 aliphatic heterocycles. The van der Waals surface area contributed by atoms with E-state index in [0.717, 1.165) is 47.2 Å². The van der Waals surface area contributed by atoms with Crippen molar-refractivity contribution >= 4 is 17.2 Å². The van der Waals surface area contributed by atoms with Gasteiger partial charge < -0.3 is 10.2 Å². The number of rotatable bonds is 7. The van der Waals surface area contributed by atoms with Crippen molar-refractivity contribution in [3.8, 4) is 11.3 Å². The predicted molar refractivity (Wildman–Crippen MR) is 104 cm³/mol. The van der Waals surface area contributed by atoms with Gasteiger partial charge in [0, 0.05) is 23.0 Å². The van der Waals surface area contributed by atoms with Crippen molar-refractivity contribution in [3.05, 3.63) is 40.0 Å². The van der Waals surface area contributed by atoms with Crippen molar-refractivity contribution < 1.29 is 9.18 Å². The second kappa shape index (κ2) is 8.73. The Labute approximate surface area is 158 Å². The lowest BCUT2D eigenvalue weighted by Crippen LogP contribution is -2.43. The molecule has 1 N–H and O–H groups in total. The van der Waals surface area contributed by atoms with Crippen molar-refractivity contribution in [1.82, 2.24) is 15.2 Å². The van der Waals surface area contributed by atoms with Crippen LogP contribution in [0.3, 0.4) is 0 Å². The number of carbonyl (C=O) groups excluding carboxylic acids is 1. The molecule has 1 fully saturated rings. The number of amides is 1. The van der Waals surface area contributed by atoms with Gasteiger partial charge in [0.05, 0.1) is 17.1 Å². The molecule has 6 heteroatoms. The zero-order chi connectivity index (χ0) is 18.5. The average Bonchev–Trinajstić information content (AvgIpc) is 3.24. The van der Waals surface area contributed by atoms with E-state index in [4.69, 9.17) is 0 Å². The number of carbonyl (C=O) groups is 1. The maximum absolute atomic E-state index is 13.2. The Morgan fingerprint density at radius 2 is 2.00 bits per heavy atom. The number of aryl methyl sites for hydroxylation is 1. The van der Waals surface area contributed by atoms with Crippen LogP contribution in [-0.2, 0) is 11.2 Å². The number of hydrogen-bond acceptors (Lipinski definition) is 4. The SMILES string of the molecule is CC[C@@H](CN1CCCC1)NC(=O)Cc1sc(C)nc1-c1ccc(F)cc1. The molecule has 2 aromatic rings. The van der Waals surface area contributed by atoms with Crippen LogP contribution in [0.5, 0.6) is 0 Å². The highest BCUT2D eigenvalue weighted by Gasteiger charge is 2.20. The molecule has 1 aliphatic rings. The third kappa shape index (κ3) is 4.89. The summed E-state index contributed by atoms with van der Waals surface area (Å²) in [6.45, 7) is 7.24. The second-order valence-electron chi connectivity index (χ2n) is 6.87. The number of halogens is 1. The van der Waals surface area contributed by atoms with Crippen LogP contribution in [0.4, 0.5) is 4.39 Å². The summed E-state index contributed by atoms with van der Waals surface area (Å²) in [6.07, 6.45) is 3.75. The first kappa shape index (κ1) is 19.0. The fourth-order valence-corrected chi connectivity index (χ4v) is 4.36. The molecule has 1 aromatic heterocycles. The Bertz CT molecular complexity index is 738. The van der Waals surface area contributed by atoms with Gasteiger partial charge in [0.15, 0.2) is 0 Å². The molecule has 1 saturated heterocycles. The molecule has 1 atom stereocenters. The van der Waals surface area contributed by atoms with Crippen molar-refractivity contribution in [2.24, 2.45) is 0 Å². The minimum Gasteiger partial charge on any atom is -0.352 e. The predicted octanol–water partition coefficient (Wildman–Crippen LogP) is 3.79. The molecule has 0 aliphatic carbocycles. The maximum Gasteiger partial charge on any atom is 0.225 e. The first-order valence-corrected chi connectivity index (χ1v) is 10.1. The van der Waals surface area contributed by atoms with Gasteiger partial charge in [-0.25, -0.2) is 9.37 Å².